The molecule has 0 aliphatic rings. The van der Waals surface area contributed by atoms with Gasteiger partial charge in [0.05, 0.1) is 6.04 Å². The first-order chi connectivity index (χ1) is 7.61. The third-order valence-corrected chi connectivity index (χ3v) is 3.23. The summed E-state index contributed by atoms with van der Waals surface area (Å²) >= 11 is 1.45. The molecule has 0 radical (unpaired) electrons. The predicted molar refractivity (Wildman–Crippen MR) is 61.4 cm³/mol. The van der Waals surface area contributed by atoms with Crippen molar-refractivity contribution in [3.63, 3.8) is 0 Å². The molecule has 1 aromatic carbocycles. The molecule has 0 fully saturated rings. The highest BCUT2D eigenvalue weighted by atomic mass is 32.1. The first-order valence-corrected chi connectivity index (χ1v) is 5.77. The van der Waals surface area contributed by atoms with Crippen LogP contribution in [0, 0.1) is 18.6 Å². The largest absolute Gasteiger partial charge is 0.320 e. The van der Waals surface area contributed by atoms with E-state index in [9.17, 15) is 8.78 Å². The Labute approximate surface area is 96.5 Å². The Morgan fingerprint density at radius 3 is 2.62 bits per heavy atom. The van der Waals surface area contributed by atoms with Gasteiger partial charge in [-0.25, -0.2) is 8.78 Å². The Morgan fingerprint density at radius 2 is 2.00 bits per heavy atom. The Balaban J connectivity index is 2.52. The van der Waals surface area contributed by atoms with E-state index in [1.54, 1.807) is 18.4 Å². The van der Waals surface area contributed by atoms with Crippen molar-refractivity contribution in [2.24, 2.45) is 5.73 Å². The van der Waals surface area contributed by atoms with Gasteiger partial charge in [-0.1, -0.05) is 6.07 Å². The summed E-state index contributed by atoms with van der Waals surface area (Å²) in [4.78, 5) is 0. The molecule has 0 saturated heterocycles. The zero-order chi connectivity index (χ0) is 11.7. The van der Waals surface area contributed by atoms with Crippen molar-refractivity contribution in [3.8, 4) is 0 Å². The standard InChI is InChI=1S/C12H11F2NS/c1-7-2-3-9(13)10(11(7)14)12(15)8-4-5-16-6-8/h2-6,12H,15H2,1H3/t12-/m1/s1. The molecule has 0 bridgehead atoms. The number of benzene rings is 1. The summed E-state index contributed by atoms with van der Waals surface area (Å²) in [6.45, 7) is 1.60. The second kappa shape index (κ2) is 4.31. The molecule has 2 aromatic rings. The monoisotopic (exact) mass is 239 g/mol. The van der Waals surface area contributed by atoms with E-state index in [2.05, 4.69) is 0 Å². The van der Waals surface area contributed by atoms with Crippen LogP contribution in [0.1, 0.15) is 22.7 Å². The van der Waals surface area contributed by atoms with Gasteiger partial charge >= 0.3 is 0 Å². The van der Waals surface area contributed by atoms with E-state index in [0.717, 1.165) is 5.56 Å². The zero-order valence-electron chi connectivity index (χ0n) is 8.71. The summed E-state index contributed by atoms with van der Waals surface area (Å²) in [5, 5.41) is 3.63. The fourth-order valence-corrected chi connectivity index (χ4v) is 2.28. The van der Waals surface area contributed by atoms with Gasteiger partial charge in [0.15, 0.2) is 0 Å². The Morgan fingerprint density at radius 1 is 1.25 bits per heavy atom. The third-order valence-electron chi connectivity index (χ3n) is 2.53. The summed E-state index contributed by atoms with van der Waals surface area (Å²) in [5.41, 5.74) is 6.94. The fourth-order valence-electron chi connectivity index (χ4n) is 1.58. The number of halogens is 2. The van der Waals surface area contributed by atoms with E-state index in [4.69, 9.17) is 5.73 Å². The first-order valence-electron chi connectivity index (χ1n) is 4.83. The molecule has 1 nitrogen and oxygen atoms in total. The normalized spacial score (nSPS) is 12.8. The molecule has 16 heavy (non-hydrogen) atoms. The van der Waals surface area contributed by atoms with Crippen LogP contribution in [0.25, 0.3) is 0 Å². The average Bonchev–Trinajstić information content (AvgIpc) is 2.77. The van der Waals surface area contributed by atoms with Gasteiger partial charge < -0.3 is 5.73 Å². The number of thiophene rings is 1. The van der Waals surface area contributed by atoms with E-state index in [1.165, 1.54) is 23.5 Å². The Bertz CT molecular complexity index is 494. The Kier molecular flexibility index (Phi) is 3.03. The van der Waals surface area contributed by atoms with E-state index >= 15 is 0 Å². The van der Waals surface area contributed by atoms with Crippen LogP contribution in [-0.4, -0.2) is 0 Å². The van der Waals surface area contributed by atoms with Gasteiger partial charge in [-0.3, -0.25) is 0 Å². The second-order valence-corrected chi connectivity index (χ2v) is 4.41. The summed E-state index contributed by atoms with van der Waals surface area (Å²) in [7, 11) is 0. The van der Waals surface area contributed by atoms with Gasteiger partial charge in [-0.15, -0.1) is 0 Å². The van der Waals surface area contributed by atoms with Gasteiger partial charge in [0, 0.05) is 5.56 Å². The van der Waals surface area contributed by atoms with Gasteiger partial charge in [-0.2, -0.15) is 11.3 Å². The lowest BCUT2D eigenvalue weighted by Gasteiger charge is -2.13. The van der Waals surface area contributed by atoms with E-state index < -0.39 is 17.7 Å². The fraction of sp³-hybridized carbons (Fsp3) is 0.167. The maximum atomic E-state index is 13.8. The molecule has 0 unspecified atom stereocenters. The number of rotatable bonds is 2. The summed E-state index contributed by atoms with van der Waals surface area (Å²) < 4.78 is 27.3. The molecule has 84 valence electrons. The van der Waals surface area contributed by atoms with Crippen LogP contribution in [0.3, 0.4) is 0 Å². The molecule has 0 amide bonds. The molecule has 1 heterocycles. The summed E-state index contributed by atoms with van der Waals surface area (Å²) in [6.07, 6.45) is 0. The van der Waals surface area contributed by atoms with E-state index in [-0.39, 0.29) is 5.56 Å². The van der Waals surface area contributed by atoms with Crippen LogP contribution in [0.4, 0.5) is 8.78 Å². The summed E-state index contributed by atoms with van der Waals surface area (Å²) in [5.74, 6) is -1.15. The highest BCUT2D eigenvalue weighted by Crippen LogP contribution is 2.27. The van der Waals surface area contributed by atoms with Crippen molar-refractivity contribution in [2.75, 3.05) is 0 Å². The zero-order valence-corrected chi connectivity index (χ0v) is 9.52. The molecule has 2 N–H and O–H groups in total. The minimum absolute atomic E-state index is 0.0570. The van der Waals surface area contributed by atoms with Gasteiger partial charge in [0.2, 0.25) is 0 Å². The van der Waals surface area contributed by atoms with Gasteiger partial charge in [0.1, 0.15) is 11.6 Å². The molecule has 2 rings (SSSR count). The Hall–Kier alpha value is -1.26. The molecular formula is C12H11F2NS. The number of aryl methyl sites for hydroxylation is 1. The van der Waals surface area contributed by atoms with Crippen LogP contribution in [-0.2, 0) is 0 Å². The maximum Gasteiger partial charge on any atom is 0.134 e. The van der Waals surface area contributed by atoms with Crippen molar-refractivity contribution in [1.82, 2.24) is 0 Å². The highest BCUT2D eigenvalue weighted by molar-refractivity contribution is 7.08. The maximum absolute atomic E-state index is 13.8. The van der Waals surface area contributed by atoms with Crippen molar-refractivity contribution < 1.29 is 8.78 Å². The molecular weight excluding hydrogens is 228 g/mol. The molecule has 4 heteroatoms. The van der Waals surface area contributed by atoms with Gasteiger partial charge in [0.25, 0.3) is 0 Å². The van der Waals surface area contributed by atoms with E-state index in [1.807, 2.05) is 5.38 Å². The van der Waals surface area contributed by atoms with E-state index in [0.29, 0.717) is 5.56 Å². The average molecular weight is 239 g/mol. The second-order valence-electron chi connectivity index (χ2n) is 3.63. The predicted octanol–water partition coefficient (Wildman–Crippen LogP) is 3.38. The van der Waals surface area contributed by atoms with Crippen molar-refractivity contribution >= 4 is 11.3 Å². The minimum Gasteiger partial charge on any atom is -0.320 e. The minimum atomic E-state index is -0.744. The molecule has 1 aromatic heterocycles. The number of hydrogen-bond acceptors (Lipinski definition) is 2. The lowest BCUT2D eigenvalue weighted by Crippen LogP contribution is -2.15. The molecule has 0 saturated carbocycles. The molecule has 0 aliphatic heterocycles. The van der Waals surface area contributed by atoms with Crippen molar-refractivity contribution in [2.45, 2.75) is 13.0 Å². The van der Waals surface area contributed by atoms with Crippen LogP contribution >= 0.6 is 11.3 Å². The van der Waals surface area contributed by atoms with Crippen LogP contribution in [0.5, 0.6) is 0 Å². The molecule has 0 spiro atoms. The van der Waals surface area contributed by atoms with Crippen molar-refractivity contribution in [3.05, 3.63) is 57.3 Å². The number of hydrogen-bond donors (Lipinski definition) is 1. The lowest BCUT2D eigenvalue weighted by atomic mass is 9.99. The topological polar surface area (TPSA) is 26.0 Å². The van der Waals surface area contributed by atoms with Crippen LogP contribution in [0.15, 0.2) is 29.0 Å². The van der Waals surface area contributed by atoms with Crippen LogP contribution in [0.2, 0.25) is 0 Å². The quantitative estimate of drug-likeness (QED) is 0.854. The lowest BCUT2D eigenvalue weighted by molar-refractivity contribution is 0.538. The van der Waals surface area contributed by atoms with Gasteiger partial charge in [-0.05, 0) is 40.9 Å². The third kappa shape index (κ3) is 1.86. The highest BCUT2D eigenvalue weighted by Gasteiger charge is 2.19. The van der Waals surface area contributed by atoms with Crippen molar-refractivity contribution in [1.29, 1.82) is 0 Å². The molecule has 1 atom stereocenters. The SMILES string of the molecule is Cc1ccc(F)c([C@H](N)c2ccsc2)c1F. The van der Waals surface area contributed by atoms with Crippen LogP contribution < -0.4 is 5.73 Å². The number of nitrogens with two attached hydrogens (primary N) is 1. The first kappa shape index (κ1) is 11.2. The summed E-state index contributed by atoms with van der Waals surface area (Å²) in [6, 6.07) is 3.69. The smallest absolute Gasteiger partial charge is 0.134 e. The molecule has 0 aliphatic carbocycles.